The third-order valence-electron chi connectivity index (χ3n) is 5.64. The van der Waals surface area contributed by atoms with Crippen LogP contribution in [-0.2, 0) is 14.4 Å². The van der Waals surface area contributed by atoms with Crippen LogP contribution < -0.4 is 10.2 Å². The van der Waals surface area contributed by atoms with Crippen molar-refractivity contribution in [2.75, 3.05) is 5.48 Å². The van der Waals surface area contributed by atoms with E-state index in [2.05, 4.69) is 24.2 Å². The van der Waals surface area contributed by atoms with Crippen molar-refractivity contribution in [3.05, 3.63) is 108 Å². The molecule has 1 aliphatic heterocycles. The van der Waals surface area contributed by atoms with Crippen LogP contribution in [0, 0.1) is 5.92 Å². The minimum atomic E-state index is -0.663. The first-order valence-electron chi connectivity index (χ1n) is 10.9. The Balaban J connectivity index is 1.50. The molecule has 0 aromatic heterocycles. The Kier molecular flexibility index (Phi) is 7.66. The molecule has 1 fully saturated rings. The average molecular weight is 464 g/mol. The van der Waals surface area contributed by atoms with Gasteiger partial charge in [0.25, 0.3) is 0 Å². The molecule has 4 unspecified atom stereocenters. The third-order valence-corrected chi connectivity index (χ3v) is 5.89. The Morgan fingerprint density at radius 2 is 1.67 bits per heavy atom. The van der Waals surface area contributed by atoms with Gasteiger partial charge in [-0.2, -0.15) is 0 Å². The first-order valence-corrected chi connectivity index (χ1v) is 11.3. The van der Waals surface area contributed by atoms with Crippen LogP contribution in [-0.4, -0.2) is 18.4 Å². The van der Waals surface area contributed by atoms with Crippen molar-refractivity contribution in [1.29, 1.82) is 0 Å². The van der Waals surface area contributed by atoms with E-state index < -0.39 is 24.3 Å². The maximum atomic E-state index is 12.9. The number of halogens is 1. The topological polar surface area (TPSA) is 56.8 Å². The van der Waals surface area contributed by atoms with Crippen molar-refractivity contribution in [2.45, 2.75) is 31.2 Å². The lowest BCUT2D eigenvalue weighted by Gasteiger charge is -2.37. The predicted octanol–water partition coefficient (Wildman–Crippen LogP) is 6.38. The number of hydrogen-bond donors (Lipinski definition) is 1. The monoisotopic (exact) mass is 463 g/mol. The van der Waals surface area contributed by atoms with E-state index in [4.69, 9.17) is 25.9 Å². The van der Waals surface area contributed by atoms with Crippen LogP contribution in [0.3, 0.4) is 0 Å². The van der Waals surface area contributed by atoms with Crippen LogP contribution in [0.5, 0.6) is 5.75 Å². The molecule has 4 atom stereocenters. The van der Waals surface area contributed by atoms with Gasteiger partial charge < -0.3 is 14.3 Å². The fourth-order valence-electron chi connectivity index (χ4n) is 3.97. The van der Waals surface area contributed by atoms with Crippen LogP contribution in [0.1, 0.15) is 24.3 Å². The standard InChI is InChI=1S/C27H26ClNO4/c1-2-24(27(30)33-29-22-11-7-4-8-12-22)25-17-20(19-9-5-3-6-10-19)18-26(32-25)31-23-15-13-21(28)14-16-23/h2-16,20,24-26,29H,1,17-18H2. The summed E-state index contributed by atoms with van der Waals surface area (Å²) in [5.41, 5.74) is 4.56. The molecule has 6 heteroatoms. The highest BCUT2D eigenvalue weighted by molar-refractivity contribution is 6.30. The number of hydrogen-bond acceptors (Lipinski definition) is 5. The van der Waals surface area contributed by atoms with Gasteiger partial charge in [-0.1, -0.05) is 66.2 Å². The molecule has 0 radical (unpaired) electrons. The molecule has 0 amide bonds. The lowest BCUT2D eigenvalue weighted by molar-refractivity contribution is -0.177. The summed E-state index contributed by atoms with van der Waals surface area (Å²) in [6.07, 6.45) is 1.88. The molecule has 0 spiro atoms. The minimum absolute atomic E-state index is 0.152. The second kappa shape index (κ2) is 11.0. The molecule has 0 bridgehead atoms. The summed E-state index contributed by atoms with van der Waals surface area (Å²) < 4.78 is 12.4. The van der Waals surface area contributed by atoms with E-state index in [1.807, 2.05) is 48.5 Å². The number of carbonyl (C=O) groups is 1. The van der Waals surface area contributed by atoms with Gasteiger partial charge >= 0.3 is 5.97 Å². The van der Waals surface area contributed by atoms with Crippen LogP contribution >= 0.6 is 11.6 Å². The number of anilines is 1. The lowest BCUT2D eigenvalue weighted by atomic mass is 9.84. The van der Waals surface area contributed by atoms with Crippen molar-refractivity contribution in [3.8, 4) is 5.75 Å². The molecule has 33 heavy (non-hydrogen) atoms. The maximum absolute atomic E-state index is 12.9. The van der Waals surface area contributed by atoms with Gasteiger partial charge in [-0.05, 0) is 54.3 Å². The van der Waals surface area contributed by atoms with Gasteiger partial charge in [0.15, 0.2) is 0 Å². The zero-order valence-electron chi connectivity index (χ0n) is 18.1. The highest BCUT2D eigenvalue weighted by Crippen LogP contribution is 2.37. The summed E-state index contributed by atoms with van der Waals surface area (Å²) in [5, 5.41) is 0.632. The van der Waals surface area contributed by atoms with Gasteiger partial charge in [0.05, 0.1) is 11.8 Å². The molecular formula is C27H26ClNO4. The lowest BCUT2D eigenvalue weighted by Crippen LogP contribution is -2.42. The highest BCUT2D eigenvalue weighted by Gasteiger charge is 2.38. The molecule has 1 N–H and O–H groups in total. The number of para-hydroxylation sites is 1. The van der Waals surface area contributed by atoms with Crippen molar-refractivity contribution in [2.24, 2.45) is 5.92 Å². The molecule has 0 saturated carbocycles. The predicted molar refractivity (Wildman–Crippen MR) is 129 cm³/mol. The van der Waals surface area contributed by atoms with Crippen molar-refractivity contribution in [3.63, 3.8) is 0 Å². The van der Waals surface area contributed by atoms with Crippen LogP contribution in [0.4, 0.5) is 5.69 Å². The van der Waals surface area contributed by atoms with Crippen LogP contribution in [0.2, 0.25) is 5.02 Å². The minimum Gasteiger partial charge on any atom is -0.465 e. The molecule has 1 aliphatic rings. The van der Waals surface area contributed by atoms with Crippen LogP contribution in [0.25, 0.3) is 0 Å². The van der Waals surface area contributed by atoms with Gasteiger partial charge in [-0.3, -0.25) is 0 Å². The molecule has 3 aromatic rings. The quantitative estimate of drug-likeness (QED) is 0.310. The largest absolute Gasteiger partial charge is 0.465 e. The molecule has 1 heterocycles. The normalized spacial score (nSPS) is 20.9. The second-order valence-electron chi connectivity index (χ2n) is 7.91. The molecule has 0 aliphatic carbocycles. The van der Waals surface area contributed by atoms with E-state index in [1.54, 1.807) is 30.3 Å². The Labute approximate surface area is 198 Å². The zero-order valence-corrected chi connectivity index (χ0v) is 18.9. The maximum Gasteiger partial charge on any atom is 0.341 e. The Hall–Kier alpha value is -3.28. The number of rotatable bonds is 8. The number of carbonyl (C=O) groups excluding carboxylic acids is 1. The Bertz CT molecular complexity index is 1040. The highest BCUT2D eigenvalue weighted by atomic mass is 35.5. The molecule has 170 valence electrons. The number of ether oxygens (including phenoxy) is 2. The first kappa shape index (κ1) is 22.9. The second-order valence-corrected chi connectivity index (χ2v) is 8.34. The number of benzene rings is 3. The van der Waals surface area contributed by atoms with Gasteiger partial charge in [-0.25, -0.2) is 10.3 Å². The fraction of sp³-hybridized carbons (Fsp3) is 0.222. The van der Waals surface area contributed by atoms with E-state index in [0.717, 1.165) is 0 Å². The fourth-order valence-corrected chi connectivity index (χ4v) is 4.09. The van der Waals surface area contributed by atoms with E-state index in [-0.39, 0.29) is 5.92 Å². The third kappa shape index (κ3) is 6.15. The molecular weight excluding hydrogens is 438 g/mol. The van der Waals surface area contributed by atoms with E-state index in [0.29, 0.717) is 29.3 Å². The van der Waals surface area contributed by atoms with E-state index >= 15 is 0 Å². The van der Waals surface area contributed by atoms with Gasteiger partial charge in [0.1, 0.15) is 11.7 Å². The Morgan fingerprint density at radius 3 is 2.33 bits per heavy atom. The SMILES string of the molecule is C=CC(C(=O)ONc1ccccc1)C1CC(c2ccccc2)CC(Oc2ccc(Cl)cc2)O1. The average Bonchev–Trinajstić information content (AvgIpc) is 2.86. The van der Waals surface area contributed by atoms with E-state index in [1.165, 1.54) is 5.56 Å². The Morgan fingerprint density at radius 1 is 1.00 bits per heavy atom. The van der Waals surface area contributed by atoms with Gasteiger partial charge in [-0.15, -0.1) is 6.58 Å². The van der Waals surface area contributed by atoms with E-state index in [9.17, 15) is 4.79 Å². The smallest absolute Gasteiger partial charge is 0.341 e. The summed E-state index contributed by atoms with van der Waals surface area (Å²) in [4.78, 5) is 18.2. The first-order chi connectivity index (χ1) is 16.1. The molecule has 4 rings (SSSR count). The van der Waals surface area contributed by atoms with Gasteiger partial charge in [0, 0.05) is 11.4 Å². The molecule has 1 saturated heterocycles. The summed E-state index contributed by atoms with van der Waals surface area (Å²) in [5.74, 6) is -0.318. The van der Waals surface area contributed by atoms with Crippen molar-refractivity contribution < 1.29 is 19.1 Å². The van der Waals surface area contributed by atoms with Gasteiger partial charge in [0.2, 0.25) is 6.29 Å². The zero-order chi connectivity index (χ0) is 23.0. The van der Waals surface area contributed by atoms with Crippen molar-refractivity contribution >= 4 is 23.3 Å². The van der Waals surface area contributed by atoms with Crippen LogP contribution in [0.15, 0.2) is 97.6 Å². The summed E-state index contributed by atoms with van der Waals surface area (Å²) in [6, 6.07) is 26.6. The molecule has 5 nitrogen and oxygen atoms in total. The summed E-state index contributed by atoms with van der Waals surface area (Å²) in [7, 11) is 0. The van der Waals surface area contributed by atoms with Crippen molar-refractivity contribution in [1.82, 2.24) is 0 Å². The number of nitrogens with one attached hydrogen (secondary N) is 1. The summed E-state index contributed by atoms with van der Waals surface area (Å²) in [6.45, 7) is 3.86. The summed E-state index contributed by atoms with van der Waals surface area (Å²) >= 11 is 5.99. The molecule has 3 aromatic carbocycles.